The zero-order valence-electron chi connectivity index (χ0n) is 6.41. The van der Waals surface area contributed by atoms with Crippen molar-refractivity contribution < 1.29 is 9.90 Å². The Morgan fingerprint density at radius 1 is 1.82 bits per heavy atom. The van der Waals surface area contributed by atoms with E-state index in [0.717, 1.165) is 12.8 Å². The van der Waals surface area contributed by atoms with Gasteiger partial charge in [-0.15, -0.1) is 0 Å². The normalized spacial score (nSPS) is 11.7. The number of carbonyl (C=O) groups is 1. The van der Waals surface area contributed by atoms with E-state index in [9.17, 15) is 4.79 Å². The fourth-order valence-electron chi connectivity index (χ4n) is 0.704. The van der Waals surface area contributed by atoms with Crippen LogP contribution in [-0.4, -0.2) is 22.3 Å². The van der Waals surface area contributed by atoms with Crippen LogP contribution in [-0.2, 0) is 4.79 Å². The molecular formula is C7H11NO2S. The summed E-state index contributed by atoms with van der Waals surface area (Å²) >= 11 is 4.32. The number of carboxylic acid groups (broad SMARTS) is 1. The van der Waals surface area contributed by atoms with E-state index in [1.54, 1.807) is 0 Å². The number of isothiocyanates is 1. The number of thiocarbonyl (C=S) groups is 1. The van der Waals surface area contributed by atoms with Crippen LogP contribution in [0.15, 0.2) is 4.99 Å². The minimum Gasteiger partial charge on any atom is -0.480 e. The van der Waals surface area contributed by atoms with Gasteiger partial charge in [0.2, 0.25) is 0 Å². The maximum Gasteiger partial charge on any atom is 0.329 e. The van der Waals surface area contributed by atoms with Crippen molar-refractivity contribution in [1.82, 2.24) is 0 Å². The number of rotatable bonds is 5. The van der Waals surface area contributed by atoms with Crippen LogP contribution in [0, 0.1) is 0 Å². The fraction of sp³-hybridized carbons (Fsp3) is 0.714. The Kier molecular flexibility index (Phi) is 5.61. The fourth-order valence-corrected chi connectivity index (χ4v) is 0.832. The second-order valence-corrected chi connectivity index (χ2v) is 2.40. The Balaban J connectivity index is 3.89. The molecule has 0 saturated carbocycles. The Morgan fingerprint density at radius 3 is 2.82 bits per heavy atom. The molecule has 0 bridgehead atoms. The van der Waals surface area contributed by atoms with Crippen LogP contribution in [0.4, 0.5) is 0 Å². The van der Waals surface area contributed by atoms with Gasteiger partial charge in [0.05, 0.1) is 5.16 Å². The van der Waals surface area contributed by atoms with Gasteiger partial charge in [0, 0.05) is 0 Å². The molecule has 0 rings (SSSR count). The van der Waals surface area contributed by atoms with Crippen molar-refractivity contribution in [3.63, 3.8) is 0 Å². The van der Waals surface area contributed by atoms with E-state index in [1.807, 2.05) is 6.92 Å². The molecule has 0 aromatic heterocycles. The van der Waals surface area contributed by atoms with E-state index in [0.29, 0.717) is 6.42 Å². The van der Waals surface area contributed by atoms with Gasteiger partial charge in [-0.25, -0.2) is 9.79 Å². The standard InChI is InChI=1S/C7H11NO2S/c1-2-3-4-6(7(9)10)8-5-11/h6H,2-4H2,1H3,(H,9,10). The molecular weight excluding hydrogens is 162 g/mol. The van der Waals surface area contributed by atoms with E-state index in [-0.39, 0.29) is 0 Å². The zero-order valence-corrected chi connectivity index (χ0v) is 7.23. The molecule has 11 heavy (non-hydrogen) atoms. The van der Waals surface area contributed by atoms with Crippen molar-refractivity contribution in [3.8, 4) is 0 Å². The Hall–Kier alpha value is -0.730. The highest BCUT2D eigenvalue weighted by Gasteiger charge is 2.13. The molecule has 0 aliphatic carbocycles. The summed E-state index contributed by atoms with van der Waals surface area (Å²) in [6.07, 6.45) is 2.38. The minimum absolute atomic E-state index is 0.551. The number of hydrogen-bond acceptors (Lipinski definition) is 3. The number of carboxylic acids is 1. The van der Waals surface area contributed by atoms with Crippen molar-refractivity contribution in [3.05, 3.63) is 0 Å². The molecule has 0 spiro atoms. The van der Waals surface area contributed by atoms with Gasteiger partial charge < -0.3 is 5.11 Å². The number of aliphatic imine (C=N–C) groups is 1. The number of hydrogen-bond donors (Lipinski definition) is 1. The van der Waals surface area contributed by atoms with E-state index >= 15 is 0 Å². The number of unbranched alkanes of at least 4 members (excludes halogenated alkanes) is 1. The van der Waals surface area contributed by atoms with Crippen molar-refractivity contribution in [2.75, 3.05) is 0 Å². The lowest BCUT2D eigenvalue weighted by molar-refractivity contribution is -0.138. The summed E-state index contributed by atoms with van der Waals surface area (Å²) < 4.78 is 0. The molecule has 0 aliphatic heterocycles. The number of nitrogens with zero attached hydrogens (tertiary/aromatic N) is 1. The monoisotopic (exact) mass is 173 g/mol. The van der Waals surface area contributed by atoms with E-state index in [2.05, 4.69) is 22.4 Å². The molecule has 0 amide bonds. The van der Waals surface area contributed by atoms with Crippen LogP contribution >= 0.6 is 12.2 Å². The molecule has 0 heterocycles. The topological polar surface area (TPSA) is 49.7 Å². The second-order valence-electron chi connectivity index (χ2n) is 2.22. The van der Waals surface area contributed by atoms with Crippen LogP contribution in [0.3, 0.4) is 0 Å². The third kappa shape index (κ3) is 4.65. The highest BCUT2D eigenvalue weighted by molar-refractivity contribution is 7.78. The first-order chi connectivity index (χ1) is 5.22. The summed E-state index contributed by atoms with van der Waals surface area (Å²) in [5, 5.41) is 10.6. The van der Waals surface area contributed by atoms with Gasteiger partial charge >= 0.3 is 5.97 Å². The molecule has 0 fully saturated rings. The molecule has 1 unspecified atom stereocenters. The van der Waals surface area contributed by atoms with Crippen molar-refractivity contribution >= 4 is 23.3 Å². The minimum atomic E-state index is -0.921. The largest absolute Gasteiger partial charge is 0.480 e. The van der Waals surface area contributed by atoms with Gasteiger partial charge in [-0.05, 0) is 18.6 Å². The van der Waals surface area contributed by atoms with Gasteiger partial charge in [-0.1, -0.05) is 19.8 Å². The Morgan fingerprint density at radius 2 is 2.45 bits per heavy atom. The third-order valence-corrected chi connectivity index (χ3v) is 1.43. The molecule has 1 atom stereocenters. The predicted octanol–water partition coefficient (Wildman–Crippen LogP) is 1.73. The smallest absolute Gasteiger partial charge is 0.329 e. The molecule has 0 aromatic rings. The second kappa shape index (κ2) is 6.01. The Labute approximate surface area is 71.1 Å². The Bertz CT molecular complexity index is 173. The molecule has 1 N–H and O–H groups in total. The summed E-state index contributed by atoms with van der Waals surface area (Å²) in [6, 6.07) is -0.688. The average molecular weight is 173 g/mol. The first-order valence-corrected chi connectivity index (χ1v) is 3.93. The van der Waals surface area contributed by atoms with Crippen molar-refractivity contribution in [2.24, 2.45) is 4.99 Å². The summed E-state index contributed by atoms with van der Waals surface area (Å²) in [4.78, 5) is 13.9. The average Bonchev–Trinajstić information content (AvgIpc) is 1.97. The number of aliphatic carboxylic acids is 1. The quantitative estimate of drug-likeness (QED) is 0.509. The van der Waals surface area contributed by atoms with E-state index < -0.39 is 12.0 Å². The van der Waals surface area contributed by atoms with Crippen molar-refractivity contribution in [1.29, 1.82) is 0 Å². The van der Waals surface area contributed by atoms with Crippen LogP contribution in [0.25, 0.3) is 0 Å². The summed E-state index contributed by atoms with van der Waals surface area (Å²) in [6.45, 7) is 2.00. The lowest BCUT2D eigenvalue weighted by Crippen LogP contribution is -2.17. The molecule has 0 aliphatic rings. The SMILES string of the molecule is CCCCC(N=C=S)C(=O)O. The van der Waals surface area contributed by atoms with Crippen molar-refractivity contribution in [2.45, 2.75) is 32.2 Å². The molecule has 62 valence electrons. The summed E-state index contributed by atoms with van der Waals surface area (Å²) in [5.41, 5.74) is 0. The van der Waals surface area contributed by atoms with Gasteiger partial charge in [-0.3, -0.25) is 0 Å². The van der Waals surface area contributed by atoms with Crippen LogP contribution in [0.1, 0.15) is 26.2 Å². The van der Waals surface area contributed by atoms with E-state index in [1.165, 1.54) is 0 Å². The van der Waals surface area contributed by atoms with Gasteiger partial charge in [0.25, 0.3) is 0 Å². The first kappa shape index (κ1) is 10.3. The van der Waals surface area contributed by atoms with Gasteiger partial charge in [0.1, 0.15) is 0 Å². The lowest BCUT2D eigenvalue weighted by Gasteiger charge is -2.02. The molecule has 0 radical (unpaired) electrons. The predicted molar refractivity (Wildman–Crippen MR) is 46.0 cm³/mol. The summed E-state index contributed by atoms with van der Waals surface area (Å²) in [7, 11) is 0. The van der Waals surface area contributed by atoms with Crippen LogP contribution < -0.4 is 0 Å². The highest BCUT2D eigenvalue weighted by Crippen LogP contribution is 2.03. The highest BCUT2D eigenvalue weighted by atomic mass is 32.1. The maximum atomic E-state index is 10.4. The van der Waals surface area contributed by atoms with Gasteiger partial charge in [-0.2, -0.15) is 0 Å². The van der Waals surface area contributed by atoms with Crippen LogP contribution in [0.5, 0.6) is 0 Å². The molecule has 4 heteroatoms. The summed E-state index contributed by atoms with van der Waals surface area (Å²) in [5.74, 6) is -0.921. The molecule has 0 aromatic carbocycles. The zero-order chi connectivity index (χ0) is 8.69. The third-order valence-electron chi connectivity index (χ3n) is 1.32. The lowest BCUT2D eigenvalue weighted by atomic mass is 10.1. The molecule has 0 saturated heterocycles. The van der Waals surface area contributed by atoms with E-state index in [4.69, 9.17) is 5.11 Å². The van der Waals surface area contributed by atoms with Crippen LogP contribution in [0.2, 0.25) is 0 Å². The van der Waals surface area contributed by atoms with Gasteiger partial charge in [0.15, 0.2) is 6.04 Å². The maximum absolute atomic E-state index is 10.4. The molecule has 3 nitrogen and oxygen atoms in total. The first-order valence-electron chi connectivity index (χ1n) is 3.52.